The number of anilines is 1. The summed E-state index contributed by atoms with van der Waals surface area (Å²) in [5.74, 6) is 0.254. The molecular weight excluding hydrogens is 382 g/mol. The van der Waals surface area contributed by atoms with Gasteiger partial charge in [-0.3, -0.25) is 4.79 Å². The van der Waals surface area contributed by atoms with Crippen molar-refractivity contribution in [3.8, 4) is 11.4 Å². The SMILES string of the molecule is O=C(Nc1cc(Cl)ccc1OCC1CCCO1)c1cccc(-n2cnnn2)c1. The number of hydrogen-bond acceptors (Lipinski definition) is 6. The molecule has 1 aliphatic rings. The number of amides is 1. The molecule has 1 atom stereocenters. The summed E-state index contributed by atoms with van der Waals surface area (Å²) < 4.78 is 12.9. The zero-order valence-electron chi connectivity index (χ0n) is 14.9. The molecule has 144 valence electrons. The molecule has 0 bridgehead atoms. The fraction of sp³-hybridized carbons (Fsp3) is 0.263. The molecule has 1 aliphatic heterocycles. The zero-order valence-corrected chi connectivity index (χ0v) is 15.7. The van der Waals surface area contributed by atoms with Crippen LogP contribution in [0.15, 0.2) is 48.8 Å². The molecule has 1 unspecified atom stereocenters. The van der Waals surface area contributed by atoms with Gasteiger partial charge in [-0.25, -0.2) is 4.68 Å². The highest BCUT2D eigenvalue weighted by Gasteiger charge is 2.18. The zero-order chi connectivity index (χ0) is 19.3. The Kier molecular flexibility index (Phi) is 5.50. The number of carbonyl (C=O) groups is 1. The van der Waals surface area contributed by atoms with E-state index in [2.05, 4.69) is 20.8 Å². The number of benzene rings is 2. The molecule has 1 aromatic heterocycles. The molecule has 2 aromatic carbocycles. The molecule has 2 heterocycles. The Balaban J connectivity index is 1.51. The highest BCUT2D eigenvalue weighted by Crippen LogP contribution is 2.29. The summed E-state index contributed by atoms with van der Waals surface area (Å²) >= 11 is 6.11. The lowest BCUT2D eigenvalue weighted by Gasteiger charge is -2.15. The van der Waals surface area contributed by atoms with E-state index in [0.717, 1.165) is 19.4 Å². The van der Waals surface area contributed by atoms with Gasteiger partial charge in [-0.2, -0.15) is 0 Å². The van der Waals surface area contributed by atoms with Crippen LogP contribution in [0, 0.1) is 0 Å². The summed E-state index contributed by atoms with van der Waals surface area (Å²) in [6.45, 7) is 1.19. The van der Waals surface area contributed by atoms with Crippen LogP contribution >= 0.6 is 11.6 Å². The molecular formula is C19H18ClN5O3. The Morgan fingerprint density at radius 1 is 1.32 bits per heavy atom. The highest BCUT2D eigenvalue weighted by molar-refractivity contribution is 6.31. The molecule has 0 radical (unpaired) electrons. The van der Waals surface area contributed by atoms with Crippen LogP contribution in [0.25, 0.3) is 5.69 Å². The van der Waals surface area contributed by atoms with E-state index < -0.39 is 0 Å². The van der Waals surface area contributed by atoms with Crippen molar-refractivity contribution in [3.05, 3.63) is 59.4 Å². The van der Waals surface area contributed by atoms with Crippen molar-refractivity contribution >= 4 is 23.2 Å². The van der Waals surface area contributed by atoms with Gasteiger partial charge in [0.1, 0.15) is 18.7 Å². The van der Waals surface area contributed by atoms with Gasteiger partial charge in [0.25, 0.3) is 5.91 Å². The molecule has 4 rings (SSSR count). The Morgan fingerprint density at radius 2 is 2.25 bits per heavy atom. The van der Waals surface area contributed by atoms with Gasteiger partial charge in [0.15, 0.2) is 0 Å². The van der Waals surface area contributed by atoms with Crippen molar-refractivity contribution in [1.82, 2.24) is 20.2 Å². The highest BCUT2D eigenvalue weighted by atomic mass is 35.5. The Bertz CT molecular complexity index is 958. The topological polar surface area (TPSA) is 91.2 Å². The Labute approximate surface area is 166 Å². The molecule has 0 spiro atoms. The van der Waals surface area contributed by atoms with Gasteiger partial charge >= 0.3 is 0 Å². The summed E-state index contributed by atoms with van der Waals surface area (Å²) in [4.78, 5) is 12.8. The van der Waals surface area contributed by atoms with Crippen LogP contribution in [0.1, 0.15) is 23.2 Å². The predicted molar refractivity (Wildman–Crippen MR) is 103 cm³/mol. The van der Waals surface area contributed by atoms with Crippen molar-refractivity contribution in [2.24, 2.45) is 0 Å². The molecule has 28 heavy (non-hydrogen) atoms. The quantitative estimate of drug-likeness (QED) is 0.684. The Morgan fingerprint density at radius 3 is 3.04 bits per heavy atom. The van der Waals surface area contributed by atoms with E-state index in [4.69, 9.17) is 21.1 Å². The monoisotopic (exact) mass is 399 g/mol. The first kappa shape index (κ1) is 18.4. The van der Waals surface area contributed by atoms with Crippen molar-refractivity contribution < 1.29 is 14.3 Å². The van der Waals surface area contributed by atoms with Crippen LogP contribution < -0.4 is 10.1 Å². The van der Waals surface area contributed by atoms with Crippen LogP contribution in [-0.4, -0.2) is 45.4 Å². The second kappa shape index (κ2) is 8.37. The average Bonchev–Trinajstić information content (AvgIpc) is 3.42. The van der Waals surface area contributed by atoms with Crippen LogP contribution in [0.3, 0.4) is 0 Å². The molecule has 9 heteroatoms. The standard InChI is InChI=1S/C19H18ClN5O3/c20-14-6-7-18(28-11-16-5-2-8-27-16)17(10-14)22-19(26)13-3-1-4-15(9-13)25-12-21-23-24-25/h1,3-4,6-7,9-10,12,16H,2,5,8,11H2,(H,22,26). The van der Waals surface area contributed by atoms with Gasteiger partial charge in [0.2, 0.25) is 0 Å². The van der Waals surface area contributed by atoms with Crippen LogP contribution in [-0.2, 0) is 4.74 Å². The first-order chi connectivity index (χ1) is 13.7. The van der Waals surface area contributed by atoms with E-state index in [1.165, 1.54) is 11.0 Å². The lowest BCUT2D eigenvalue weighted by atomic mass is 10.2. The van der Waals surface area contributed by atoms with Gasteiger partial charge in [0.05, 0.1) is 17.5 Å². The largest absolute Gasteiger partial charge is 0.489 e. The fourth-order valence-corrected chi connectivity index (χ4v) is 3.12. The second-order valence-electron chi connectivity index (χ2n) is 6.35. The van der Waals surface area contributed by atoms with E-state index in [0.29, 0.717) is 34.3 Å². The molecule has 1 fully saturated rings. The van der Waals surface area contributed by atoms with Gasteiger partial charge < -0.3 is 14.8 Å². The normalized spacial score (nSPS) is 16.1. The minimum Gasteiger partial charge on any atom is -0.489 e. The van der Waals surface area contributed by atoms with Gasteiger partial charge in [-0.05, 0) is 59.7 Å². The molecule has 8 nitrogen and oxygen atoms in total. The summed E-state index contributed by atoms with van der Waals surface area (Å²) in [5, 5.41) is 14.4. The van der Waals surface area contributed by atoms with Crippen LogP contribution in [0.5, 0.6) is 5.75 Å². The number of nitrogens with one attached hydrogen (secondary N) is 1. The summed E-state index contributed by atoms with van der Waals surface area (Å²) in [6, 6.07) is 12.1. The maximum atomic E-state index is 12.8. The van der Waals surface area contributed by atoms with Gasteiger partial charge in [-0.15, -0.1) is 5.10 Å². The maximum Gasteiger partial charge on any atom is 0.255 e. The lowest BCUT2D eigenvalue weighted by molar-refractivity contribution is 0.0682. The number of ether oxygens (including phenoxy) is 2. The third kappa shape index (κ3) is 4.29. The first-order valence-electron chi connectivity index (χ1n) is 8.88. The van der Waals surface area contributed by atoms with E-state index in [-0.39, 0.29) is 12.0 Å². The number of tetrazole rings is 1. The molecule has 1 saturated heterocycles. The van der Waals surface area contributed by atoms with Gasteiger partial charge in [-0.1, -0.05) is 17.7 Å². The second-order valence-corrected chi connectivity index (χ2v) is 6.78. The molecule has 0 aliphatic carbocycles. The average molecular weight is 400 g/mol. The number of nitrogens with zero attached hydrogens (tertiary/aromatic N) is 4. The fourth-order valence-electron chi connectivity index (χ4n) is 2.95. The van der Waals surface area contributed by atoms with Crippen LogP contribution in [0.4, 0.5) is 5.69 Å². The third-order valence-electron chi connectivity index (χ3n) is 4.36. The molecule has 0 saturated carbocycles. The van der Waals surface area contributed by atoms with Crippen molar-refractivity contribution in [2.45, 2.75) is 18.9 Å². The van der Waals surface area contributed by atoms with Crippen LogP contribution in [0.2, 0.25) is 5.02 Å². The maximum absolute atomic E-state index is 12.8. The van der Waals surface area contributed by atoms with Crippen molar-refractivity contribution in [2.75, 3.05) is 18.5 Å². The molecule has 3 aromatic rings. The Hall–Kier alpha value is -2.97. The number of halogens is 1. The summed E-state index contributed by atoms with van der Waals surface area (Å²) in [5.41, 5.74) is 1.64. The number of rotatable bonds is 6. The summed E-state index contributed by atoms with van der Waals surface area (Å²) in [6.07, 6.45) is 3.55. The minimum atomic E-state index is -0.292. The van der Waals surface area contributed by atoms with E-state index in [1.807, 2.05) is 6.07 Å². The number of carbonyl (C=O) groups excluding carboxylic acids is 1. The van der Waals surface area contributed by atoms with E-state index >= 15 is 0 Å². The summed E-state index contributed by atoms with van der Waals surface area (Å²) in [7, 11) is 0. The van der Waals surface area contributed by atoms with Crippen molar-refractivity contribution in [1.29, 1.82) is 0 Å². The minimum absolute atomic E-state index is 0.0761. The molecule has 1 N–H and O–H groups in total. The molecule has 1 amide bonds. The smallest absolute Gasteiger partial charge is 0.255 e. The van der Waals surface area contributed by atoms with E-state index in [9.17, 15) is 4.79 Å². The van der Waals surface area contributed by atoms with E-state index in [1.54, 1.807) is 36.4 Å². The number of hydrogen-bond donors (Lipinski definition) is 1. The lowest BCUT2D eigenvalue weighted by Crippen LogP contribution is -2.18. The predicted octanol–water partition coefficient (Wildman–Crippen LogP) is 3.13. The first-order valence-corrected chi connectivity index (χ1v) is 9.25. The third-order valence-corrected chi connectivity index (χ3v) is 4.60. The number of aromatic nitrogens is 4. The van der Waals surface area contributed by atoms with Crippen molar-refractivity contribution in [3.63, 3.8) is 0 Å². The van der Waals surface area contributed by atoms with Gasteiger partial charge in [0, 0.05) is 17.2 Å².